The molecule has 0 saturated carbocycles. The summed E-state index contributed by atoms with van der Waals surface area (Å²) in [6, 6.07) is 8.50. The SMILES string of the molecule is Cc1ccc(CC(C)(O)c2cc(F)c(Cl)cc2Cl)cc1C. The van der Waals surface area contributed by atoms with E-state index in [-0.39, 0.29) is 10.0 Å². The highest BCUT2D eigenvalue weighted by Crippen LogP contribution is 2.34. The molecule has 0 aliphatic carbocycles. The molecule has 1 unspecified atom stereocenters. The first-order valence-corrected chi connectivity index (χ1v) is 7.40. The van der Waals surface area contributed by atoms with Crippen molar-refractivity contribution in [2.75, 3.05) is 0 Å². The third-order valence-corrected chi connectivity index (χ3v) is 4.31. The summed E-state index contributed by atoms with van der Waals surface area (Å²) in [6.07, 6.45) is 0.342. The summed E-state index contributed by atoms with van der Waals surface area (Å²) in [7, 11) is 0. The van der Waals surface area contributed by atoms with Crippen LogP contribution in [0.5, 0.6) is 0 Å². The summed E-state index contributed by atoms with van der Waals surface area (Å²) in [5, 5.41) is 10.9. The highest BCUT2D eigenvalue weighted by Gasteiger charge is 2.27. The fourth-order valence-electron chi connectivity index (χ4n) is 2.34. The average molecular weight is 327 g/mol. The first-order chi connectivity index (χ1) is 9.70. The van der Waals surface area contributed by atoms with E-state index < -0.39 is 11.4 Å². The molecule has 1 atom stereocenters. The zero-order chi connectivity index (χ0) is 15.8. The molecular weight excluding hydrogens is 310 g/mol. The van der Waals surface area contributed by atoms with Crippen LogP contribution >= 0.6 is 23.2 Å². The predicted octanol–water partition coefficient (Wildman–Crippen LogP) is 5.20. The Morgan fingerprint density at radius 2 is 1.71 bits per heavy atom. The van der Waals surface area contributed by atoms with E-state index in [0.717, 1.165) is 11.1 Å². The Bertz CT molecular complexity index is 681. The van der Waals surface area contributed by atoms with Gasteiger partial charge in [0, 0.05) is 17.0 Å². The molecule has 1 nitrogen and oxygen atoms in total. The van der Waals surface area contributed by atoms with Gasteiger partial charge in [-0.3, -0.25) is 0 Å². The molecule has 4 heteroatoms. The minimum atomic E-state index is -1.27. The van der Waals surface area contributed by atoms with Gasteiger partial charge in [-0.1, -0.05) is 41.4 Å². The second-order valence-electron chi connectivity index (χ2n) is 5.62. The molecule has 0 bridgehead atoms. The number of aliphatic hydroxyl groups is 1. The van der Waals surface area contributed by atoms with E-state index in [1.807, 2.05) is 32.0 Å². The van der Waals surface area contributed by atoms with Crippen LogP contribution < -0.4 is 0 Å². The van der Waals surface area contributed by atoms with E-state index in [1.54, 1.807) is 6.92 Å². The van der Waals surface area contributed by atoms with Gasteiger partial charge >= 0.3 is 0 Å². The Balaban J connectivity index is 2.37. The molecule has 0 aliphatic heterocycles. The number of hydrogen-bond donors (Lipinski definition) is 1. The summed E-state index contributed by atoms with van der Waals surface area (Å²) in [5.74, 6) is -0.587. The van der Waals surface area contributed by atoms with Crippen LogP contribution in [0.3, 0.4) is 0 Å². The summed E-state index contributed by atoms with van der Waals surface area (Å²) >= 11 is 11.8. The second kappa shape index (κ2) is 5.96. The average Bonchev–Trinajstić information content (AvgIpc) is 2.37. The maximum atomic E-state index is 13.6. The fourth-order valence-corrected chi connectivity index (χ4v) is 2.93. The van der Waals surface area contributed by atoms with Crippen molar-refractivity contribution < 1.29 is 9.50 Å². The topological polar surface area (TPSA) is 20.2 Å². The lowest BCUT2D eigenvalue weighted by Gasteiger charge is -2.25. The monoisotopic (exact) mass is 326 g/mol. The molecule has 2 aromatic rings. The van der Waals surface area contributed by atoms with Gasteiger partial charge in [0.15, 0.2) is 0 Å². The zero-order valence-corrected chi connectivity index (χ0v) is 13.7. The standard InChI is InChI=1S/C17H17Cl2FO/c1-10-4-5-12(6-11(10)2)9-17(3,21)13-7-16(20)15(19)8-14(13)18/h4-8,21H,9H2,1-3H3. The van der Waals surface area contributed by atoms with E-state index in [4.69, 9.17) is 23.2 Å². The number of halogens is 3. The van der Waals surface area contributed by atoms with Gasteiger partial charge in [0.1, 0.15) is 5.82 Å². The summed E-state index contributed by atoms with van der Waals surface area (Å²) in [4.78, 5) is 0. The van der Waals surface area contributed by atoms with Crippen molar-refractivity contribution in [3.63, 3.8) is 0 Å². The Kier molecular flexibility index (Phi) is 4.62. The summed E-state index contributed by atoms with van der Waals surface area (Å²) < 4.78 is 13.6. The molecule has 0 aromatic heterocycles. The van der Waals surface area contributed by atoms with E-state index in [2.05, 4.69) is 0 Å². The van der Waals surface area contributed by atoms with Gasteiger partial charge in [0.05, 0.1) is 10.6 Å². The van der Waals surface area contributed by atoms with Crippen molar-refractivity contribution in [1.82, 2.24) is 0 Å². The first kappa shape index (κ1) is 16.3. The highest BCUT2D eigenvalue weighted by atomic mass is 35.5. The maximum absolute atomic E-state index is 13.6. The molecular formula is C17H17Cl2FO. The van der Waals surface area contributed by atoms with Gasteiger partial charge < -0.3 is 5.11 Å². The smallest absolute Gasteiger partial charge is 0.142 e. The number of aryl methyl sites for hydroxylation is 2. The quantitative estimate of drug-likeness (QED) is 0.768. The Labute approximate surface area is 134 Å². The van der Waals surface area contributed by atoms with Gasteiger partial charge in [-0.05, 0) is 49.6 Å². The van der Waals surface area contributed by atoms with Crippen LogP contribution in [-0.4, -0.2) is 5.11 Å². The Morgan fingerprint density at radius 1 is 1.05 bits per heavy atom. The van der Waals surface area contributed by atoms with Crippen LogP contribution in [0.1, 0.15) is 29.2 Å². The van der Waals surface area contributed by atoms with E-state index in [0.29, 0.717) is 12.0 Å². The molecule has 0 spiro atoms. The lowest BCUT2D eigenvalue weighted by Crippen LogP contribution is -2.25. The van der Waals surface area contributed by atoms with E-state index in [1.165, 1.54) is 17.7 Å². The van der Waals surface area contributed by atoms with Crippen LogP contribution in [0, 0.1) is 19.7 Å². The molecule has 21 heavy (non-hydrogen) atoms. The molecule has 0 saturated heterocycles. The molecule has 0 amide bonds. The van der Waals surface area contributed by atoms with E-state index >= 15 is 0 Å². The number of hydrogen-bond acceptors (Lipinski definition) is 1. The molecule has 0 radical (unpaired) electrons. The molecule has 0 heterocycles. The van der Waals surface area contributed by atoms with Crippen LogP contribution in [0.25, 0.3) is 0 Å². The minimum Gasteiger partial charge on any atom is -0.385 e. The maximum Gasteiger partial charge on any atom is 0.142 e. The molecule has 1 N–H and O–H groups in total. The van der Waals surface area contributed by atoms with Crippen LogP contribution in [-0.2, 0) is 12.0 Å². The molecule has 2 rings (SSSR count). The number of rotatable bonds is 3. The van der Waals surface area contributed by atoms with Gasteiger partial charge in [-0.25, -0.2) is 4.39 Å². The van der Waals surface area contributed by atoms with Crippen LogP contribution in [0.15, 0.2) is 30.3 Å². The third-order valence-electron chi connectivity index (χ3n) is 3.71. The largest absolute Gasteiger partial charge is 0.385 e. The number of benzene rings is 2. The van der Waals surface area contributed by atoms with Crippen molar-refractivity contribution in [1.29, 1.82) is 0 Å². The zero-order valence-electron chi connectivity index (χ0n) is 12.2. The van der Waals surface area contributed by atoms with Gasteiger partial charge in [-0.15, -0.1) is 0 Å². The van der Waals surface area contributed by atoms with Crippen molar-refractivity contribution in [2.45, 2.75) is 32.8 Å². The molecule has 2 aromatic carbocycles. The van der Waals surface area contributed by atoms with Crippen molar-refractivity contribution in [3.8, 4) is 0 Å². The van der Waals surface area contributed by atoms with Crippen molar-refractivity contribution in [2.24, 2.45) is 0 Å². The summed E-state index contributed by atoms with van der Waals surface area (Å²) in [5.41, 5.74) is 2.37. The van der Waals surface area contributed by atoms with Crippen LogP contribution in [0.4, 0.5) is 4.39 Å². The fraction of sp³-hybridized carbons (Fsp3) is 0.294. The third kappa shape index (κ3) is 3.57. The van der Waals surface area contributed by atoms with Gasteiger partial charge in [0.2, 0.25) is 0 Å². The van der Waals surface area contributed by atoms with Crippen molar-refractivity contribution >= 4 is 23.2 Å². The molecule has 0 fully saturated rings. The Hall–Kier alpha value is -1.09. The lowest BCUT2D eigenvalue weighted by molar-refractivity contribution is 0.0574. The van der Waals surface area contributed by atoms with E-state index in [9.17, 15) is 9.50 Å². The normalized spacial score (nSPS) is 14.0. The second-order valence-corrected chi connectivity index (χ2v) is 6.43. The van der Waals surface area contributed by atoms with Crippen LogP contribution in [0.2, 0.25) is 10.0 Å². The highest BCUT2D eigenvalue weighted by molar-refractivity contribution is 6.35. The Morgan fingerprint density at radius 3 is 2.33 bits per heavy atom. The first-order valence-electron chi connectivity index (χ1n) is 6.64. The van der Waals surface area contributed by atoms with Crippen molar-refractivity contribution in [3.05, 3.63) is 68.4 Å². The molecule has 112 valence electrons. The molecule has 0 aliphatic rings. The van der Waals surface area contributed by atoms with Gasteiger partial charge in [-0.2, -0.15) is 0 Å². The lowest BCUT2D eigenvalue weighted by atomic mass is 9.88. The van der Waals surface area contributed by atoms with Gasteiger partial charge in [0.25, 0.3) is 0 Å². The predicted molar refractivity (Wildman–Crippen MR) is 85.6 cm³/mol. The summed E-state index contributed by atoms with van der Waals surface area (Å²) in [6.45, 7) is 5.67. The minimum absolute atomic E-state index is 0.0502.